The topological polar surface area (TPSA) is 87.4 Å². The molecule has 4 rings (SSSR count). The van der Waals surface area contributed by atoms with E-state index in [1.54, 1.807) is 19.1 Å². The fourth-order valence-electron chi connectivity index (χ4n) is 3.70. The second-order valence-corrected chi connectivity index (χ2v) is 6.94. The predicted molar refractivity (Wildman–Crippen MR) is 107 cm³/mol. The van der Waals surface area contributed by atoms with Crippen molar-refractivity contribution in [1.82, 2.24) is 10.2 Å². The number of rotatable bonds is 4. The standard InChI is InChI=1S/C21H24N4O4/c1-2-28-20(27)17-18(16-9-6-14-29-16)22-21(23-19(17)26)25-12-10-24(11-13-25)15-7-4-3-5-8-15/h3-9,14,17-18H,2,10-13H2,1H3,(H,22,23,26)/t17-,18+/m1/s1. The van der Waals surface area contributed by atoms with Crippen LogP contribution in [0.25, 0.3) is 0 Å². The third kappa shape index (κ3) is 3.96. The third-order valence-corrected chi connectivity index (χ3v) is 5.17. The predicted octanol–water partition coefficient (Wildman–Crippen LogP) is 1.81. The van der Waals surface area contributed by atoms with Gasteiger partial charge in [-0.05, 0) is 31.2 Å². The van der Waals surface area contributed by atoms with Crippen LogP contribution in [0, 0.1) is 5.92 Å². The SMILES string of the molecule is CCOC(=O)[C@H]1C(=O)NC(N2CCN(c3ccccc3)CC2)=N[C@H]1c1ccco1. The number of carbonyl (C=O) groups excluding carboxylic acids is 2. The molecule has 3 heterocycles. The number of ether oxygens (including phenoxy) is 1. The lowest BCUT2D eigenvalue weighted by Crippen LogP contribution is -2.57. The highest BCUT2D eigenvalue weighted by atomic mass is 16.5. The van der Waals surface area contributed by atoms with Crippen LogP contribution >= 0.6 is 0 Å². The Balaban J connectivity index is 1.53. The first-order valence-electron chi connectivity index (χ1n) is 9.81. The number of piperazine rings is 1. The van der Waals surface area contributed by atoms with Crippen LogP contribution in [-0.2, 0) is 14.3 Å². The smallest absolute Gasteiger partial charge is 0.321 e. The average Bonchev–Trinajstić information content (AvgIpc) is 3.29. The summed E-state index contributed by atoms with van der Waals surface area (Å²) in [5.74, 6) is -1.12. The van der Waals surface area contributed by atoms with Crippen molar-refractivity contribution in [1.29, 1.82) is 0 Å². The number of aliphatic imine (C=N–C) groups is 1. The fraction of sp³-hybridized carbons (Fsp3) is 0.381. The average molecular weight is 396 g/mol. The molecule has 0 radical (unpaired) electrons. The van der Waals surface area contributed by atoms with E-state index in [0.29, 0.717) is 24.8 Å². The molecule has 2 aromatic rings. The molecule has 8 nitrogen and oxygen atoms in total. The van der Waals surface area contributed by atoms with Gasteiger partial charge in [-0.1, -0.05) is 18.2 Å². The minimum absolute atomic E-state index is 0.200. The Kier molecular flexibility index (Phi) is 5.50. The normalized spacial score (nSPS) is 22.1. The summed E-state index contributed by atoms with van der Waals surface area (Å²) in [6.45, 7) is 4.95. The van der Waals surface area contributed by atoms with E-state index in [0.717, 1.165) is 13.1 Å². The van der Waals surface area contributed by atoms with Gasteiger partial charge in [0, 0.05) is 31.9 Å². The molecule has 1 aromatic carbocycles. The lowest BCUT2D eigenvalue weighted by atomic mass is 9.95. The number of nitrogens with one attached hydrogen (secondary N) is 1. The monoisotopic (exact) mass is 396 g/mol. The Hall–Kier alpha value is -3.29. The van der Waals surface area contributed by atoms with E-state index < -0.39 is 23.8 Å². The van der Waals surface area contributed by atoms with Crippen molar-refractivity contribution in [3.05, 3.63) is 54.5 Å². The molecular formula is C21H24N4O4. The quantitative estimate of drug-likeness (QED) is 0.627. The van der Waals surface area contributed by atoms with Gasteiger partial charge in [-0.25, -0.2) is 4.99 Å². The summed E-state index contributed by atoms with van der Waals surface area (Å²) in [5, 5.41) is 2.80. The number of para-hydroxylation sites is 1. The summed E-state index contributed by atoms with van der Waals surface area (Å²) >= 11 is 0. The number of hydrogen-bond acceptors (Lipinski definition) is 7. The summed E-state index contributed by atoms with van der Waals surface area (Å²) in [6.07, 6.45) is 1.51. The van der Waals surface area contributed by atoms with Gasteiger partial charge in [-0.15, -0.1) is 0 Å². The van der Waals surface area contributed by atoms with Gasteiger partial charge in [0.2, 0.25) is 11.9 Å². The first kappa shape index (κ1) is 19.0. The van der Waals surface area contributed by atoms with Crippen LogP contribution in [-0.4, -0.2) is 55.5 Å². The Labute approximate surface area is 169 Å². The van der Waals surface area contributed by atoms with Gasteiger partial charge in [-0.2, -0.15) is 0 Å². The summed E-state index contributed by atoms with van der Waals surface area (Å²) in [7, 11) is 0. The van der Waals surface area contributed by atoms with Gasteiger partial charge in [-0.3, -0.25) is 14.9 Å². The maximum atomic E-state index is 12.8. The Morgan fingerprint density at radius 2 is 1.86 bits per heavy atom. The molecule has 0 saturated carbocycles. The van der Waals surface area contributed by atoms with Crippen LogP contribution in [0.3, 0.4) is 0 Å². The van der Waals surface area contributed by atoms with Gasteiger partial charge in [0.05, 0.1) is 12.9 Å². The number of anilines is 1. The Morgan fingerprint density at radius 1 is 1.14 bits per heavy atom. The highest BCUT2D eigenvalue weighted by molar-refractivity contribution is 6.08. The number of benzene rings is 1. The first-order valence-corrected chi connectivity index (χ1v) is 9.81. The molecule has 152 valence electrons. The van der Waals surface area contributed by atoms with E-state index in [4.69, 9.17) is 9.15 Å². The van der Waals surface area contributed by atoms with Gasteiger partial charge < -0.3 is 19.0 Å². The number of esters is 1. The number of nitrogens with zero attached hydrogens (tertiary/aromatic N) is 3. The largest absolute Gasteiger partial charge is 0.467 e. The van der Waals surface area contributed by atoms with Gasteiger partial charge in [0.1, 0.15) is 11.8 Å². The van der Waals surface area contributed by atoms with E-state index >= 15 is 0 Å². The molecule has 2 atom stereocenters. The van der Waals surface area contributed by atoms with Gasteiger partial charge in [0.25, 0.3) is 0 Å². The Bertz CT molecular complexity index is 873. The van der Waals surface area contributed by atoms with E-state index in [1.165, 1.54) is 12.0 Å². The number of hydrogen-bond donors (Lipinski definition) is 1. The van der Waals surface area contributed by atoms with Gasteiger partial charge in [0.15, 0.2) is 5.92 Å². The summed E-state index contributed by atoms with van der Waals surface area (Å²) in [6, 6.07) is 12.9. The lowest BCUT2D eigenvalue weighted by molar-refractivity contribution is -0.153. The summed E-state index contributed by atoms with van der Waals surface area (Å²) < 4.78 is 10.6. The van der Waals surface area contributed by atoms with Crippen LogP contribution in [0.2, 0.25) is 0 Å². The minimum Gasteiger partial charge on any atom is -0.467 e. The maximum absolute atomic E-state index is 12.8. The molecule has 8 heteroatoms. The second-order valence-electron chi connectivity index (χ2n) is 6.94. The fourth-order valence-corrected chi connectivity index (χ4v) is 3.70. The van der Waals surface area contributed by atoms with Crippen LogP contribution in [0.1, 0.15) is 18.7 Å². The van der Waals surface area contributed by atoms with Crippen molar-refractivity contribution in [2.24, 2.45) is 10.9 Å². The molecule has 2 aliphatic rings. The molecular weight excluding hydrogens is 372 g/mol. The highest BCUT2D eigenvalue weighted by Gasteiger charge is 2.43. The maximum Gasteiger partial charge on any atom is 0.321 e. The van der Waals surface area contributed by atoms with Crippen LogP contribution in [0.5, 0.6) is 0 Å². The molecule has 29 heavy (non-hydrogen) atoms. The van der Waals surface area contributed by atoms with Crippen molar-refractivity contribution in [2.75, 3.05) is 37.7 Å². The van der Waals surface area contributed by atoms with Crippen molar-refractivity contribution in [3.63, 3.8) is 0 Å². The van der Waals surface area contributed by atoms with Crippen molar-refractivity contribution in [3.8, 4) is 0 Å². The van der Waals surface area contributed by atoms with E-state index in [1.807, 2.05) is 23.1 Å². The van der Waals surface area contributed by atoms with Gasteiger partial charge >= 0.3 is 5.97 Å². The van der Waals surface area contributed by atoms with E-state index in [2.05, 4.69) is 27.3 Å². The molecule has 0 aliphatic carbocycles. The lowest BCUT2D eigenvalue weighted by Gasteiger charge is -2.39. The zero-order valence-corrected chi connectivity index (χ0v) is 16.3. The molecule has 0 unspecified atom stereocenters. The van der Waals surface area contributed by atoms with Crippen LogP contribution < -0.4 is 10.2 Å². The van der Waals surface area contributed by atoms with Crippen molar-refractivity contribution < 1.29 is 18.7 Å². The third-order valence-electron chi connectivity index (χ3n) is 5.17. The van der Waals surface area contributed by atoms with Crippen molar-refractivity contribution in [2.45, 2.75) is 13.0 Å². The minimum atomic E-state index is -1.06. The molecule has 0 bridgehead atoms. The molecule has 0 spiro atoms. The highest BCUT2D eigenvalue weighted by Crippen LogP contribution is 2.31. The number of amides is 1. The molecule has 1 saturated heterocycles. The zero-order chi connectivity index (χ0) is 20.2. The van der Waals surface area contributed by atoms with E-state index in [-0.39, 0.29) is 6.61 Å². The van der Waals surface area contributed by atoms with E-state index in [9.17, 15) is 9.59 Å². The zero-order valence-electron chi connectivity index (χ0n) is 16.3. The van der Waals surface area contributed by atoms with Crippen LogP contribution in [0.4, 0.5) is 5.69 Å². The first-order chi connectivity index (χ1) is 14.2. The molecule has 1 N–H and O–H groups in total. The molecule has 1 fully saturated rings. The molecule has 1 aromatic heterocycles. The van der Waals surface area contributed by atoms with Crippen LogP contribution in [0.15, 0.2) is 58.1 Å². The van der Waals surface area contributed by atoms with Crippen molar-refractivity contribution >= 4 is 23.5 Å². The molecule has 1 amide bonds. The Morgan fingerprint density at radius 3 is 2.52 bits per heavy atom. The summed E-state index contributed by atoms with van der Waals surface area (Å²) in [5.41, 5.74) is 1.18. The second kappa shape index (κ2) is 8.38. The number of furan rings is 1. The summed E-state index contributed by atoms with van der Waals surface area (Å²) in [4.78, 5) is 34.2. The number of carbonyl (C=O) groups is 2. The molecule has 2 aliphatic heterocycles. The number of guanidine groups is 1.